The molecule has 1 amide bonds. The van der Waals surface area contributed by atoms with Crippen LogP contribution in [0.5, 0.6) is 0 Å². The number of aryl methyl sites for hydroxylation is 2. The Morgan fingerprint density at radius 3 is 2.19 bits per heavy atom. The van der Waals surface area contributed by atoms with Crippen LogP contribution in [0.25, 0.3) is 0 Å². The van der Waals surface area contributed by atoms with Gasteiger partial charge in [-0.25, -0.2) is 4.79 Å². The molecule has 7 nitrogen and oxygen atoms in total. The highest BCUT2D eigenvalue weighted by atomic mass is 35.5. The molecule has 0 aliphatic rings. The van der Waals surface area contributed by atoms with Gasteiger partial charge in [-0.2, -0.15) is 0 Å². The Kier molecular flexibility index (Phi) is 5.28. The average Bonchev–Trinajstić information content (AvgIpc) is 2.40. The van der Waals surface area contributed by atoms with Crippen molar-refractivity contribution in [3.8, 4) is 0 Å². The molecule has 0 spiro atoms. The van der Waals surface area contributed by atoms with Gasteiger partial charge in [-0.15, -0.1) is 0 Å². The lowest BCUT2D eigenvalue weighted by Crippen LogP contribution is -2.15. The van der Waals surface area contributed by atoms with Crippen molar-refractivity contribution >= 4 is 46.5 Å². The van der Waals surface area contributed by atoms with Gasteiger partial charge in [0.25, 0.3) is 11.6 Å². The molecule has 1 aromatic carbocycles. The van der Waals surface area contributed by atoms with Gasteiger partial charge in [-0.05, 0) is 31.0 Å². The fraction of sp³-hybridized carbons (Fsp3) is 0.167. The molecule has 0 heterocycles. The van der Waals surface area contributed by atoms with Gasteiger partial charge >= 0.3 is 5.97 Å². The second kappa shape index (κ2) is 6.55. The Hall–Kier alpha value is -2.12. The Balaban J connectivity index is 3.22. The third kappa shape index (κ3) is 3.93. The molecule has 1 rings (SSSR count). The molecule has 0 fully saturated rings. The number of carbonyl (C=O) groups is 2. The lowest BCUT2D eigenvalue weighted by molar-refractivity contribution is -0.384. The zero-order valence-electron chi connectivity index (χ0n) is 10.9. The summed E-state index contributed by atoms with van der Waals surface area (Å²) in [6.07, 6.45) is 0. The van der Waals surface area contributed by atoms with Crippen molar-refractivity contribution in [2.45, 2.75) is 13.8 Å². The summed E-state index contributed by atoms with van der Waals surface area (Å²) in [5.41, 5.74) is 0.953. The Morgan fingerprint density at radius 1 is 1.19 bits per heavy atom. The van der Waals surface area contributed by atoms with Crippen molar-refractivity contribution in [1.82, 2.24) is 0 Å². The number of carboxylic acids is 1. The second-order valence-electron chi connectivity index (χ2n) is 4.10. The molecule has 0 unspecified atom stereocenters. The van der Waals surface area contributed by atoms with Gasteiger partial charge in [-0.3, -0.25) is 14.9 Å². The van der Waals surface area contributed by atoms with Crippen molar-refractivity contribution in [3.05, 3.63) is 43.4 Å². The number of amides is 1. The van der Waals surface area contributed by atoms with Gasteiger partial charge in [0, 0.05) is 6.07 Å². The van der Waals surface area contributed by atoms with Gasteiger partial charge in [0.15, 0.2) is 0 Å². The van der Waals surface area contributed by atoms with Crippen LogP contribution in [-0.2, 0) is 9.59 Å². The summed E-state index contributed by atoms with van der Waals surface area (Å²) in [6.45, 7) is 3.39. The van der Waals surface area contributed by atoms with Crippen LogP contribution >= 0.6 is 23.2 Å². The Bertz CT molecular complexity index is 670. The number of halogens is 2. The van der Waals surface area contributed by atoms with E-state index in [1.807, 2.05) is 0 Å². The maximum atomic E-state index is 11.8. The van der Waals surface area contributed by atoms with Crippen LogP contribution in [0.15, 0.2) is 22.2 Å². The van der Waals surface area contributed by atoms with E-state index in [0.29, 0.717) is 11.1 Å². The number of rotatable bonds is 4. The molecule has 2 N–H and O–H groups in total. The van der Waals surface area contributed by atoms with Gasteiger partial charge in [0.1, 0.15) is 15.8 Å². The summed E-state index contributed by atoms with van der Waals surface area (Å²) in [5, 5.41) is 20.1. The maximum absolute atomic E-state index is 11.8. The molecule has 0 radical (unpaired) electrons. The summed E-state index contributed by atoms with van der Waals surface area (Å²) >= 11 is 10.9. The quantitative estimate of drug-likeness (QED) is 0.500. The van der Waals surface area contributed by atoms with E-state index in [2.05, 4.69) is 5.32 Å². The molecule has 0 bridgehead atoms. The lowest BCUT2D eigenvalue weighted by Gasteiger charge is -2.08. The first-order valence-corrected chi connectivity index (χ1v) is 6.26. The summed E-state index contributed by atoms with van der Waals surface area (Å²) in [4.78, 5) is 32.7. The molecule has 0 aromatic heterocycles. The van der Waals surface area contributed by atoms with Crippen molar-refractivity contribution in [3.63, 3.8) is 0 Å². The van der Waals surface area contributed by atoms with E-state index in [-0.39, 0.29) is 11.4 Å². The SMILES string of the molecule is Cc1cc(NC(=O)C(Cl)=C(Cl)C(=O)O)c([N+](=O)[O-])cc1C. The molecule has 112 valence electrons. The Labute approximate surface area is 129 Å². The van der Waals surface area contributed by atoms with Gasteiger partial charge in [0.2, 0.25) is 0 Å². The highest BCUT2D eigenvalue weighted by Crippen LogP contribution is 2.29. The molecule has 0 aliphatic carbocycles. The number of nitrogens with zero attached hydrogens (tertiary/aromatic N) is 1. The number of benzene rings is 1. The molecule has 0 saturated heterocycles. The van der Waals surface area contributed by atoms with Crippen LogP contribution in [0, 0.1) is 24.0 Å². The van der Waals surface area contributed by atoms with Crippen molar-refractivity contribution in [2.24, 2.45) is 0 Å². The fourth-order valence-corrected chi connectivity index (χ4v) is 1.64. The van der Waals surface area contributed by atoms with E-state index in [1.54, 1.807) is 13.8 Å². The van der Waals surface area contributed by atoms with E-state index >= 15 is 0 Å². The minimum Gasteiger partial charge on any atom is -0.477 e. The zero-order chi connectivity index (χ0) is 16.3. The number of carbonyl (C=O) groups excluding carboxylic acids is 1. The number of nitro benzene ring substituents is 1. The number of nitro groups is 1. The number of carboxylic acid groups (broad SMARTS) is 1. The minimum atomic E-state index is -1.58. The maximum Gasteiger partial charge on any atom is 0.349 e. The van der Waals surface area contributed by atoms with E-state index < -0.39 is 26.9 Å². The fourth-order valence-electron chi connectivity index (χ4n) is 1.42. The van der Waals surface area contributed by atoms with Gasteiger partial charge in [0.05, 0.1) is 4.92 Å². The molecular weight excluding hydrogens is 323 g/mol. The standard InChI is InChI=1S/C12H10Cl2N2O5/c1-5-3-7(8(16(20)21)4-6(5)2)15-11(17)9(13)10(14)12(18)19/h3-4H,1-2H3,(H,15,17)(H,18,19). The zero-order valence-corrected chi connectivity index (χ0v) is 12.4. The number of anilines is 1. The van der Waals surface area contributed by atoms with Crippen LogP contribution in [0.1, 0.15) is 11.1 Å². The largest absolute Gasteiger partial charge is 0.477 e. The predicted molar refractivity (Wildman–Crippen MR) is 77.6 cm³/mol. The van der Waals surface area contributed by atoms with Crippen molar-refractivity contribution in [1.29, 1.82) is 0 Å². The highest BCUT2D eigenvalue weighted by molar-refractivity contribution is 6.54. The van der Waals surface area contributed by atoms with Gasteiger partial charge < -0.3 is 10.4 Å². The first-order chi connectivity index (χ1) is 9.65. The normalized spacial score (nSPS) is 11.6. The number of hydrogen-bond donors (Lipinski definition) is 2. The van der Waals surface area contributed by atoms with Crippen LogP contribution in [0.3, 0.4) is 0 Å². The monoisotopic (exact) mass is 332 g/mol. The number of hydrogen-bond acceptors (Lipinski definition) is 4. The smallest absolute Gasteiger partial charge is 0.349 e. The topological polar surface area (TPSA) is 110 Å². The number of nitrogens with one attached hydrogen (secondary N) is 1. The van der Waals surface area contributed by atoms with E-state index in [9.17, 15) is 19.7 Å². The summed E-state index contributed by atoms with van der Waals surface area (Å²) in [7, 11) is 0. The molecule has 0 aliphatic heterocycles. The van der Waals surface area contributed by atoms with Crippen LogP contribution in [-0.4, -0.2) is 21.9 Å². The highest BCUT2D eigenvalue weighted by Gasteiger charge is 2.22. The molecule has 0 saturated carbocycles. The van der Waals surface area contributed by atoms with Crippen molar-refractivity contribution in [2.75, 3.05) is 5.32 Å². The third-order valence-corrected chi connectivity index (χ3v) is 3.44. The second-order valence-corrected chi connectivity index (χ2v) is 4.85. The molecule has 21 heavy (non-hydrogen) atoms. The first kappa shape index (κ1) is 16.9. The van der Waals surface area contributed by atoms with Crippen LogP contribution in [0.4, 0.5) is 11.4 Å². The first-order valence-electron chi connectivity index (χ1n) is 5.50. The summed E-state index contributed by atoms with van der Waals surface area (Å²) in [6, 6.07) is 2.69. The third-order valence-electron chi connectivity index (χ3n) is 2.64. The van der Waals surface area contributed by atoms with E-state index in [1.165, 1.54) is 12.1 Å². The van der Waals surface area contributed by atoms with Crippen LogP contribution in [0.2, 0.25) is 0 Å². The minimum absolute atomic E-state index is 0.0962. The predicted octanol–water partition coefficient (Wildman–Crippen LogP) is 2.92. The molecule has 1 aromatic rings. The number of aliphatic carboxylic acids is 1. The van der Waals surface area contributed by atoms with Crippen LogP contribution < -0.4 is 5.32 Å². The van der Waals surface area contributed by atoms with Gasteiger partial charge in [-0.1, -0.05) is 23.2 Å². The summed E-state index contributed by atoms with van der Waals surface area (Å²) in [5.74, 6) is -2.62. The molecule has 9 heteroatoms. The molecule has 0 atom stereocenters. The summed E-state index contributed by atoms with van der Waals surface area (Å²) < 4.78 is 0. The molecular formula is C12H10Cl2N2O5. The average molecular weight is 333 g/mol. The van der Waals surface area contributed by atoms with E-state index in [4.69, 9.17) is 28.3 Å². The van der Waals surface area contributed by atoms with E-state index in [0.717, 1.165) is 0 Å². The van der Waals surface area contributed by atoms with Crippen molar-refractivity contribution < 1.29 is 19.6 Å². The lowest BCUT2D eigenvalue weighted by atomic mass is 10.1. The Morgan fingerprint density at radius 2 is 1.71 bits per heavy atom.